The predicted molar refractivity (Wildman–Crippen MR) is 62.4 cm³/mol. The Bertz CT molecular complexity index is 423. The zero-order valence-electron chi connectivity index (χ0n) is 9.50. The molecule has 0 amide bonds. The molecule has 0 aliphatic rings. The fourth-order valence-corrected chi connectivity index (χ4v) is 0.676. The van der Waals surface area contributed by atoms with Crippen LogP contribution < -0.4 is 16.1 Å². The number of aromatic nitrogens is 1. The van der Waals surface area contributed by atoms with Gasteiger partial charge in [-0.2, -0.15) is 17.9 Å². The summed E-state index contributed by atoms with van der Waals surface area (Å²) in [5, 5.41) is 1.25. The molecule has 0 unspecified atom stereocenters. The van der Waals surface area contributed by atoms with E-state index < -0.39 is 0 Å². The average molecular weight is 281 g/mol. The molecule has 0 atom stereocenters. The first-order chi connectivity index (χ1) is 6.24. The minimum Gasteiger partial charge on any atom is -0.358 e. The van der Waals surface area contributed by atoms with Crippen molar-refractivity contribution in [1.82, 2.24) is 4.98 Å². The number of nitrogens with zero attached hydrogens (tertiary/aromatic N) is 1. The molecule has 1 N–H and O–H groups in total. The van der Waals surface area contributed by atoms with Crippen LogP contribution in [-0.4, -0.2) is 11.7 Å². The normalized spacial score (nSPS) is 8.80. The van der Waals surface area contributed by atoms with E-state index in [4.69, 9.17) is 0 Å². The first-order valence-corrected chi connectivity index (χ1v) is 4.00. The van der Waals surface area contributed by atoms with Gasteiger partial charge in [0.15, 0.2) is 5.56 Å². The SMILES string of the molecule is C=N/C=c1/[nH]c(=O)[c-]cc1=C.CC.[CH3-].[Y]. The standard InChI is InChI=1S/C8H7N2O.C2H6.CH3.Y/c1-6-3-4-8(11)10-7(6)5-9-2;1-2;;/h3,5H,1-2H2,(H,10,11);1-2H3;1H3;/q-1;;-1;/b7-5+;;;. The van der Waals surface area contributed by atoms with Crippen LogP contribution in [0.5, 0.6) is 0 Å². The summed E-state index contributed by atoms with van der Waals surface area (Å²) in [5.74, 6) is 0. The fourth-order valence-electron chi connectivity index (χ4n) is 0.676. The first-order valence-electron chi connectivity index (χ1n) is 4.00. The van der Waals surface area contributed by atoms with E-state index in [9.17, 15) is 4.79 Å². The summed E-state index contributed by atoms with van der Waals surface area (Å²) < 4.78 is 0. The number of hydrogen-bond acceptors (Lipinski definition) is 2. The molecule has 4 heteroatoms. The van der Waals surface area contributed by atoms with Gasteiger partial charge in [-0.1, -0.05) is 13.8 Å². The number of aromatic amines is 1. The second kappa shape index (κ2) is 11.5. The zero-order valence-corrected chi connectivity index (χ0v) is 12.3. The zero-order chi connectivity index (χ0) is 10.3. The van der Waals surface area contributed by atoms with Gasteiger partial charge in [0.05, 0.1) is 0 Å². The minimum atomic E-state index is -0.285. The number of nitrogens with one attached hydrogen (secondary N) is 1. The van der Waals surface area contributed by atoms with Crippen molar-refractivity contribution < 1.29 is 32.7 Å². The summed E-state index contributed by atoms with van der Waals surface area (Å²) in [5.41, 5.74) is -0.285. The van der Waals surface area contributed by atoms with Crippen LogP contribution >= 0.6 is 0 Å². The van der Waals surface area contributed by atoms with Crippen molar-refractivity contribution in [1.29, 1.82) is 0 Å². The number of H-pyrrole nitrogens is 1. The van der Waals surface area contributed by atoms with E-state index in [2.05, 4.69) is 29.3 Å². The van der Waals surface area contributed by atoms with Crippen molar-refractivity contribution in [3.63, 3.8) is 0 Å². The molecule has 15 heavy (non-hydrogen) atoms. The van der Waals surface area contributed by atoms with Gasteiger partial charge in [-0.05, 0) is 12.1 Å². The van der Waals surface area contributed by atoms with Crippen molar-refractivity contribution in [2.45, 2.75) is 13.8 Å². The topological polar surface area (TPSA) is 45.2 Å². The maximum Gasteiger partial charge on any atom is 0.156 e. The van der Waals surface area contributed by atoms with Crippen LogP contribution in [0.25, 0.3) is 12.8 Å². The first kappa shape index (κ1) is 20.0. The Kier molecular flexibility index (Phi) is 15.3. The van der Waals surface area contributed by atoms with Gasteiger partial charge < -0.3 is 12.4 Å². The molecule has 1 aromatic rings. The Morgan fingerprint density at radius 2 is 2.07 bits per heavy atom. The molecule has 1 radical (unpaired) electrons. The summed E-state index contributed by atoms with van der Waals surface area (Å²) in [6, 6.07) is 3.95. The molecule has 1 rings (SSSR count). The molecule has 0 aliphatic carbocycles. The molecule has 1 aromatic heterocycles. The van der Waals surface area contributed by atoms with Crippen LogP contribution in [0.4, 0.5) is 0 Å². The summed E-state index contributed by atoms with van der Waals surface area (Å²) in [7, 11) is 0. The van der Waals surface area contributed by atoms with Crippen LogP contribution in [0.15, 0.2) is 15.9 Å². The van der Waals surface area contributed by atoms with E-state index >= 15 is 0 Å². The molecular formula is C11H16N2OY-2. The number of rotatable bonds is 1. The minimum absolute atomic E-state index is 0. The molecule has 1 heterocycles. The molecule has 0 saturated carbocycles. The predicted octanol–water partition coefficient (Wildman–Crippen LogP) is 0.498. The molecule has 0 fully saturated rings. The van der Waals surface area contributed by atoms with Gasteiger partial charge in [0, 0.05) is 38.9 Å². The second-order valence-electron chi connectivity index (χ2n) is 1.99. The van der Waals surface area contributed by atoms with Crippen molar-refractivity contribution in [3.05, 3.63) is 40.5 Å². The van der Waals surface area contributed by atoms with E-state index in [1.54, 1.807) is 0 Å². The van der Waals surface area contributed by atoms with E-state index in [0.717, 1.165) is 0 Å². The van der Waals surface area contributed by atoms with E-state index in [0.29, 0.717) is 10.6 Å². The van der Waals surface area contributed by atoms with Gasteiger partial charge in [-0.25, -0.2) is 6.07 Å². The summed E-state index contributed by atoms with van der Waals surface area (Å²) in [6.07, 6.45) is 1.44. The molecular weight excluding hydrogens is 265 g/mol. The van der Waals surface area contributed by atoms with Gasteiger partial charge in [0.25, 0.3) is 0 Å². The second-order valence-corrected chi connectivity index (χ2v) is 1.99. The third kappa shape index (κ3) is 7.40. The number of hydrogen-bond donors (Lipinski definition) is 1. The Morgan fingerprint density at radius 1 is 1.53 bits per heavy atom. The summed E-state index contributed by atoms with van der Waals surface area (Å²) >= 11 is 0. The third-order valence-corrected chi connectivity index (χ3v) is 1.19. The monoisotopic (exact) mass is 281 g/mol. The Balaban J connectivity index is -0.000000339. The van der Waals surface area contributed by atoms with Crippen LogP contribution in [0.1, 0.15) is 13.8 Å². The maximum atomic E-state index is 10.7. The van der Waals surface area contributed by atoms with Gasteiger partial charge in [0.1, 0.15) is 0 Å². The van der Waals surface area contributed by atoms with Gasteiger partial charge in [-0.3, -0.25) is 9.79 Å². The smallest absolute Gasteiger partial charge is 0.156 e. The molecule has 0 aliphatic heterocycles. The van der Waals surface area contributed by atoms with Gasteiger partial charge in [-0.15, -0.1) is 0 Å². The maximum absolute atomic E-state index is 10.7. The molecule has 0 bridgehead atoms. The Morgan fingerprint density at radius 3 is 2.53 bits per heavy atom. The third-order valence-electron chi connectivity index (χ3n) is 1.19. The van der Waals surface area contributed by atoms with Crippen molar-refractivity contribution >= 4 is 19.5 Å². The Labute approximate surface area is 116 Å². The van der Waals surface area contributed by atoms with E-state index in [1.807, 2.05) is 13.8 Å². The van der Waals surface area contributed by atoms with Gasteiger partial charge >= 0.3 is 0 Å². The molecule has 0 aromatic carbocycles. The van der Waals surface area contributed by atoms with E-state index in [-0.39, 0.29) is 45.7 Å². The largest absolute Gasteiger partial charge is 0.358 e. The molecule has 0 spiro atoms. The average Bonchev–Trinajstić information content (AvgIpc) is 2.15. The Hall–Kier alpha value is -0.536. The fraction of sp³-hybridized carbons (Fsp3) is 0.182. The van der Waals surface area contributed by atoms with Crippen molar-refractivity contribution in [2.24, 2.45) is 4.99 Å². The molecule has 0 saturated heterocycles. The number of aliphatic imine (C=N–C) groups is 1. The molecule has 81 valence electrons. The molecule has 3 nitrogen and oxygen atoms in total. The quantitative estimate of drug-likeness (QED) is 0.591. The summed E-state index contributed by atoms with van der Waals surface area (Å²) in [4.78, 5) is 16.7. The van der Waals surface area contributed by atoms with Crippen LogP contribution in [-0.2, 0) is 32.7 Å². The number of pyridine rings is 1. The van der Waals surface area contributed by atoms with Crippen LogP contribution in [0.3, 0.4) is 0 Å². The summed E-state index contributed by atoms with van der Waals surface area (Å²) in [6.45, 7) is 10.9. The van der Waals surface area contributed by atoms with E-state index in [1.165, 1.54) is 12.3 Å². The van der Waals surface area contributed by atoms with Crippen LogP contribution in [0, 0.1) is 13.5 Å². The van der Waals surface area contributed by atoms with Crippen molar-refractivity contribution in [3.8, 4) is 0 Å². The van der Waals surface area contributed by atoms with Crippen molar-refractivity contribution in [2.75, 3.05) is 0 Å². The van der Waals surface area contributed by atoms with Crippen LogP contribution in [0.2, 0.25) is 0 Å². The van der Waals surface area contributed by atoms with Gasteiger partial charge in [0.2, 0.25) is 0 Å².